The summed E-state index contributed by atoms with van der Waals surface area (Å²) in [6, 6.07) is 1.70. The van der Waals surface area contributed by atoms with Crippen molar-refractivity contribution in [1.29, 1.82) is 0 Å². The van der Waals surface area contributed by atoms with Gasteiger partial charge in [0.1, 0.15) is 6.54 Å². The van der Waals surface area contributed by atoms with Crippen molar-refractivity contribution < 1.29 is 9.90 Å². The van der Waals surface area contributed by atoms with Crippen LogP contribution in [0.1, 0.15) is 65.2 Å². The summed E-state index contributed by atoms with van der Waals surface area (Å²) < 4.78 is 1.68. The Morgan fingerprint density at radius 3 is 2.74 bits per heavy atom. The van der Waals surface area contributed by atoms with Crippen molar-refractivity contribution in [2.75, 3.05) is 0 Å². The number of carbonyl (C=O) groups is 1. The van der Waals surface area contributed by atoms with E-state index >= 15 is 0 Å². The first-order chi connectivity index (χ1) is 14.8. The third-order valence-electron chi connectivity index (χ3n) is 10.4. The smallest absolute Gasteiger partial charge is 0.295 e. The fourth-order valence-corrected chi connectivity index (χ4v) is 9.41. The highest BCUT2D eigenvalue weighted by molar-refractivity contribution is 5.83. The van der Waals surface area contributed by atoms with Gasteiger partial charge in [0, 0.05) is 12.1 Å². The first-order valence-electron chi connectivity index (χ1n) is 12.5. The summed E-state index contributed by atoms with van der Waals surface area (Å²) in [4.78, 5) is 16.9. The van der Waals surface area contributed by atoms with Gasteiger partial charge in [-0.25, -0.2) is 0 Å². The molecule has 5 nitrogen and oxygen atoms in total. The van der Waals surface area contributed by atoms with Crippen LogP contribution in [0.3, 0.4) is 0 Å². The Bertz CT molecular complexity index is 945. The zero-order valence-corrected chi connectivity index (χ0v) is 18.8. The topological polar surface area (TPSA) is 59.5 Å². The average molecular weight is 422 g/mol. The second-order valence-corrected chi connectivity index (χ2v) is 12.1. The number of Topliss-reactive ketones (excluding diaryl/α,β-unsaturated/α-hetero) is 1. The average Bonchev–Trinajstić information content (AvgIpc) is 3.23. The third kappa shape index (κ3) is 2.97. The minimum atomic E-state index is -0.455. The predicted octanol–water partition coefficient (Wildman–Crippen LogP) is 4.88. The molecule has 5 aliphatic rings. The second kappa shape index (κ2) is 6.67. The Kier molecular flexibility index (Phi) is 4.30. The molecule has 1 heterocycles. The van der Waals surface area contributed by atoms with Gasteiger partial charge in [0.05, 0.1) is 5.60 Å². The highest BCUT2D eigenvalue weighted by atomic mass is 16.3. The fourth-order valence-electron chi connectivity index (χ4n) is 9.41. The summed E-state index contributed by atoms with van der Waals surface area (Å²) in [6.07, 6.45) is 11.2. The van der Waals surface area contributed by atoms with E-state index in [9.17, 15) is 9.90 Å². The molecule has 6 rings (SSSR count). The third-order valence-corrected chi connectivity index (χ3v) is 10.4. The van der Waals surface area contributed by atoms with Gasteiger partial charge in [-0.2, -0.15) is 4.68 Å². The van der Waals surface area contributed by atoms with E-state index in [4.69, 9.17) is 6.57 Å². The molecule has 0 aliphatic heterocycles. The van der Waals surface area contributed by atoms with Gasteiger partial charge >= 0.3 is 0 Å². The molecule has 5 saturated carbocycles. The van der Waals surface area contributed by atoms with E-state index in [1.165, 1.54) is 38.5 Å². The number of hydrogen-bond donors (Lipinski definition) is 1. The second-order valence-electron chi connectivity index (χ2n) is 12.1. The normalized spacial score (nSPS) is 49.9. The highest BCUT2D eigenvalue weighted by Gasteiger charge is 2.70. The van der Waals surface area contributed by atoms with E-state index in [1.807, 2.05) is 6.92 Å². The first-order valence-corrected chi connectivity index (χ1v) is 12.5. The molecular formula is C26H35N3O2. The number of ketones is 1. The van der Waals surface area contributed by atoms with Gasteiger partial charge < -0.3 is 9.95 Å². The predicted molar refractivity (Wildman–Crippen MR) is 117 cm³/mol. The van der Waals surface area contributed by atoms with Gasteiger partial charge in [0.15, 0.2) is 5.78 Å². The van der Waals surface area contributed by atoms with Crippen LogP contribution in [-0.2, 0) is 11.3 Å². The van der Waals surface area contributed by atoms with E-state index < -0.39 is 5.60 Å². The van der Waals surface area contributed by atoms with E-state index in [-0.39, 0.29) is 11.3 Å². The number of nitrogens with zero attached hydrogens (tertiary/aromatic N) is 3. The van der Waals surface area contributed by atoms with Crippen molar-refractivity contribution >= 4 is 11.6 Å². The van der Waals surface area contributed by atoms with Gasteiger partial charge in [0.2, 0.25) is 0 Å². The van der Waals surface area contributed by atoms with Gasteiger partial charge in [-0.15, -0.1) is 0 Å². The number of hydrogen-bond acceptors (Lipinski definition) is 3. The number of aliphatic hydroxyl groups is 1. The largest absolute Gasteiger partial charge is 0.390 e. The molecule has 0 unspecified atom stereocenters. The summed E-state index contributed by atoms with van der Waals surface area (Å²) in [5.74, 6) is 6.05. The SMILES string of the molecule is [C-]#[N+]c1ccn(CC(=O)[C@H]2[C@H]3C[C@H]3[C@H]3[C@@H]4CC[C@@H]5C[C@](C)(O)CC[C@@H]5[C@H]4CC[C@@]32C)n1. The van der Waals surface area contributed by atoms with Gasteiger partial charge in [-0.1, -0.05) is 13.5 Å². The maximum atomic E-state index is 13.5. The molecule has 5 heteroatoms. The van der Waals surface area contributed by atoms with Crippen LogP contribution in [0, 0.1) is 59.3 Å². The maximum Gasteiger partial charge on any atom is 0.295 e. The van der Waals surface area contributed by atoms with E-state index in [0.717, 1.165) is 36.5 Å². The van der Waals surface area contributed by atoms with Crippen molar-refractivity contribution in [3.63, 3.8) is 0 Å². The van der Waals surface area contributed by atoms with Crippen molar-refractivity contribution in [1.82, 2.24) is 9.78 Å². The van der Waals surface area contributed by atoms with Crippen molar-refractivity contribution in [3.8, 4) is 0 Å². The zero-order valence-electron chi connectivity index (χ0n) is 18.8. The zero-order chi connectivity index (χ0) is 21.5. The van der Waals surface area contributed by atoms with Crippen LogP contribution in [0.25, 0.3) is 4.85 Å². The molecule has 5 fully saturated rings. The lowest BCUT2D eigenvalue weighted by atomic mass is 9.48. The standard InChI is InChI=1S/C26H35N3O2/c1-25(31)9-6-16-15(13-25)4-5-18-17(16)7-10-26(2)23(18)19-12-20(19)24(26)21(30)14-29-11-8-22(27-3)28-29/h8,11,15-20,23-24,31H,4-7,9-10,12-14H2,1-2H3/t15-,16+,17-,18-,19-,20+,23-,24-,25-,26+/m1/s1. The van der Waals surface area contributed by atoms with Gasteiger partial charge in [-0.05, 0) is 116 Å². The summed E-state index contributed by atoms with van der Waals surface area (Å²) in [5, 5.41) is 14.9. The summed E-state index contributed by atoms with van der Waals surface area (Å²) in [6.45, 7) is 11.9. The number of aromatic nitrogens is 2. The number of rotatable bonds is 3. The molecule has 10 atom stereocenters. The molecule has 5 aliphatic carbocycles. The minimum Gasteiger partial charge on any atom is -0.390 e. The van der Waals surface area contributed by atoms with Gasteiger partial charge in [-0.3, -0.25) is 4.79 Å². The molecule has 0 saturated heterocycles. The maximum absolute atomic E-state index is 13.5. The van der Waals surface area contributed by atoms with Gasteiger partial charge in [0.25, 0.3) is 5.82 Å². The van der Waals surface area contributed by atoms with Crippen molar-refractivity contribution in [3.05, 3.63) is 23.7 Å². The van der Waals surface area contributed by atoms with E-state index in [1.54, 1.807) is 16.9 Å². The molecule has 0 bridgehead atoms. The molecule has 0 amide bonds. The lowest BCUT2D eigenvalue weighted by Gasteiger charge is -2.57. The summed E-state index contributed by atoms with van der Waals surface area (Å²) in [5.41, 5.74) is -0.308. The monoisotopic (exact) mass is 421 g/mol. The molecule has 1 aromatic rings. The Labute approximate surface area is 185 Å². The molecule has 166 valence electrons. The Balaban J connectivity index is 1.22. The molecule has 0 spiro atoms. The van der Waals surface area contributed by atoms with Crippen LogP contribution >= 0.6 is 0 Å². The Hall–Kier alpha value is -1.67. The number of carbonyl (C=O) groups excluding carboxylic acids is 1. The summed E-state index contributed by atoms with van der Waals surface area (Å²) >= 11 is 0. The van der Waals surface area contributed by atoms with E-state index in [2.05, 4.69) is 16.9 Å². The molecule has 1 aromatic heterocycles. The van der Waals surface area contributed by atoms with Crippen molar-refractivity contribution in [2.45, 2.75) is 77.4 Å². The van der Waals surface area contributed by atoms with Crippen LogP contribution < -0.4 is 0 Å². The number of fused-ring (bicyclic) bond motifs is 7. The molecule has 31 heavy (non-hydrogen) atoms. The van der Waals surface area contributed by atoms with Crippen LogP contribution in [0.5, 0.6) is 0 Å². The summed E-state index contributed by atoms with van der Waals surface area (Å²) in [7, 11) is 0. The quantitative estimate of drug-likeness (QED) is 0.708. The first kappa shape index (κ1) is 20.0. The minimum absolute atomic E-state index is 0.147. The molecular weight excluding hydrogens is 386 g/mol. The molecule has 1 N–H and O–H groups in total. The fraction of sp³-hybridized carbons (Fsp3) is 0.808. The van der Waals surface area contributed by atoms with Crippen LogP contribution in [0.4, 0.5) is 5.82 Å². The van der Waals surface area contributed by atoms with E-state index in [0.29, 0.717) is 35.9 Å². The van der Waals surface area contributed by atoms with Crippen LogP contribution in [-0.4, -0.2) is 26.3 Å². The Morgan fingerprint density at radius 1 is 1.16 bits per heavy atom. The Morgan fingerprint density at radius 2 is 1.97 bits per heavy atom. The van der Waals surface area contributed by atoms with Crippen LogP contribution in [0.15, 0.2) is 12.3 Å². The lowest BCUT2D eigenvalue weighted by Crippen LogP contribution is -2.52. The molecule has 0 aromatic carbocycles. The molecule has 0 radical (unpaired) electrons. The lowest BCUT2D eigenvalue weighted by molar-refractivity contribution is -0.136. The van der Waals surface area contributed by atoms with Crippen molar-refractivity contribution in [2.24, 2.45) is 52.8 Å². The van der Waals surface area contributed by atoms with Crippen LogP contribution in [0.2, 0.25) is 0 Å². The highest BCUT2D eigenvalue weighted by Crippen LogP contribution is 2.74.